The summed E-state index contributed by atoms with van der Waals surface area (Å²) in [6, 6.07) is 14.7. The van der Waals surface area contributed by atoms with Gasteiger partial charge in [0.05, 0.1) is 4.90 Å². The van der Waals surface area contributed by atoms with E-state index in [0.717, 1.165) is 11.1 Å². The Kier molecular flexibility index (Phi) is 7.35. The molecule has 0 saturated carbocycles. The van der Waals surface area contributed by atoms with Crippen molar-refractivity contribution in [3.8, 4) is 0 Å². The van der Waals surface area contributed by atoms with Crippen LogP contribution in [0.3, 0.4) is 0 Å². The Hall–Kier alpha value is -3.13. The fourth-order valence-electron chi connectivity index (χ4n) is 3.62. The Labute approximate surface area is 188 Å². The smallest absolute Gasteiger partial charge is 0.242 e. The van der Waals surface area contributed by atoms with E-state index in [1.807, 2.05) is 45.0 Å². The minimum atomic E-state index is -3.90. The molecule has 0 aliphatic rings. The molecule has 3 rings (SSSR count). The summed E-state index contributed by atoms with van der Waals surface area (Å²) in [5, 5.41) is 3.18. The number of aryl methyl sites for hydroxylation is 1. The minimum absolute atomic E-state index is 0.0390. The number of benzene rings is 2. The van der Waals surface area contributed by atoms with Crippen molar-refractivity contribution in [2.24, 2.45) is 0 Å². The molecule has 1 aromatic heterocycles. The molecule has 2 aromatic carbocycles. The Balaban J connectivity index is 1.80. The third kappa shape index (κ3) is 5.37. The van der Waals surface area contributed by atoms with Crippen LogP contribution in [0.25, 0.3) is 10.9 Å². The van der Waals surface area contributed by atoms with Crippen LogP contribution in [0, 0.1) is 6.92 Å². The first-order chi connectivity index (χ1) is 15.2. The van der Waals surface area contributed by atoms with Gasteiger partial charge in [0.1, 0.15) is 12.3 Å². The number of rotatable bonds is 9. The number of carbonyl (C=O) groups is 2. The van der Waals surface area contributed by atoms with Crippen LogP contribution in [0.15, 0.2) is 59.6 Å². The largest absolute Gasteiger partial charge is 0.351 e. The lowest BCUT2D eigenvalue weighted by Gasteiger charge is -2.19. The Morgan fingerprint density at radius 1 is 1.00 bits per heavy atom. The maximum atomic E-state index is 13.1. The number of para-hydroxylation sites is 1. The van der Waals surface area contributed by atoms with Crippen LogP contribution in [0.5, 0.6) is 0 Å². The average Bonchev–Trinajstić information content (AvgIpc) is 3.13. The second-order valence-corrected chi connectivity index (χ2v) is 9.68. The van der Waals surface area contributed by atoms with E-state index in [4.69, 9.17) is 0 Å². The molecule has 0 radical (unpaired) electrons. The molecule has 1 heterocycles. The molecular formula is C24H29N3O4S. The summed E-state index contributed by atoms with van der Waals surface area (Å²) in [5.41, 5.74) is 2.65. The molecule has 0 fully saturated rings. The average molecular weight is 456 g/mol. The van der Waals surface area contributed by atoms with Gasteiger partial charge >= 0.3 is 0 Å². The Bertz CT molecular complexity index is 1210. The van der Waals surface area contributed by atoms with Crippen LogP contribution in [-0.4, -0.2) is 48.5 Å². The minimum Gasteiger partial charge on any atom is -0.351 e. The summed E-state index contributed by atoms with van der Waals surface area (Å²) in [6.45, 7) is 7.25. The zero-order valence-electron chi connectivity index (χ0n) is 18.7. The number of hydrogen-bond acceptors (Lipinski definition) is 4. The van der Waals surface area contributed by atoms with Gasteiger partial charge < -0.3 is 14.8 Å². The van der Waals surface area contributed by atoms with Crippen molar-refractivity contribution < 1.29 is 18.0 Å². The van der Waals surface area contributed by atoms with Crippen molar-refractivity contribution in [3.63, 3.8) is 0 Å². The highest BCUT2D eigenvalue weighted by Gasteiger charge is 2.25. The molecule has 1 N–H and O–H groups in total. The van der Waals surface area contributed by atoms with E-state index in [0.29, 0.717) is 24.0 Å². The molecule has 0 bridgehead atoms. The monoisotopic (exact) mass is 455 g/mol. The normalized spacial score (nSPS) is 11.5. The molecule has 0 atom stereocenters. The van der Waals surface area contributed by atoms with Crippen LogP contribution in [0.2, 0.25) is 0 Å². The number of sulfone groups is 1. The molecule has 8 heteroatoms. The van der Waals surface area contributed by atoms with Gasteiger partial charge in [0, 0.05) is 36.7 Å². The zero-order chi connectivity index (χ0) is 23.3. The van der Waals surface area contributed by atoms with Crippen LogP contribution in [-0.2, 0) is 32.5 Å². The summed E-state index contributed by atoms with van der Waals surface area (Å²) in [6.07, 6.45) is 1.47. The van der Waals surface area contributed by atoms with Gasteiger partial charge in [0.2, 0.25) is 11.8 Å². The van der Waals surface area contributed by atoms with Crippen molar-refractivity contribution in [1.29, 1.82) is 0 Å². The highest BCUT2D eigenvalue weighted by Crippen LogP contribution is 2.26. The number of aromatic nitrogens is 1. The summed E-state index contributed by atoms with van der Waals surface area (Å²) in [5.74, 6) is -1.31. The molecule has 0 aliphatic carbocycles. The summed E-state index contributed by atoms with van der Waals surface area (Å²) < 4.78 is 27.8. The van der Waals surface area contributed by atoms with E-state index < -0.39 is 21.5 Å². The Morgan fingerprint density at radius 3 is 2.31 bits per heavy atom. The summed E-state index contributed by atoms with van der Waals surface area (Å²) in [4.78, 5) is 26.7. The van der Waals surface area contributed by atoms with Gasteiger partial charge in [0.15, 0.2) is 9.84 Å². The lowest BCUT2D eigenvalue weighted by molar-refractivity contribution is -0.131. The summed E-state index contributed by atoms with van der Waals surface area (Å²) in [7, 11) is -3.90. The second kappa shape index (κ2) is 9.99. The van der Waals surface area contributed by atoms with Gasteiger partial charge in [-0.1, -0.05) is 48.0 Å². The standard InChI is InChI=1S/C24H29N3O4S/c1-4-26(5-2)24(29)16-27-15-22(20-8-6-7-9-21(20)27)32(30,31)17-23(28)25-14-19-12-10-18(3)11-13-19/h6-13,15H,4-5,14,16-17H2,1-3H3,(H,25,28). The van der Waals surface area contributed by atoms with Gasteiger partial charge in [-0.05, 0) is 32.4 Å². The number of fused-ring (bicyclic) bond motifs is 1. The molecule has 0 unspecified atom stereocenters. The highest BCUT2D eigenvalue weighted by molar-refractivity contribution is 7.92. The van der Waals surface area contributed by atoms with Crippen LogP contribution >= 0.6 is 0 Å². The predicted molar refractivity (Wildman–Crippen MR) is 125 cm³/mol. The van der Waals surface area contributed by atoms with Crippen molar-refractivity contribution in [2.45, 2.75) is 38.8 Å². The lowest BCUT2D eigenvalue weighted by atomic mass is 10.1. The maximum Gasteiger partial charge on any atom is 0.242 e. The van der Waals surface area contributed by atoms with E-state index in [-0.39, 0.29) is 23.9 Å². The van der Waals surface area contributed by atoms with E-state index in [1.165, 1.54) is 6.20 Å². The van der Waals surface area contributed by atoms with Crippen LogP contribution in [0.4, 0.5) is 0 Å². The highest BCUT2D eigenvalue weighted by atomic mass is 32.2. The van der Waals surface area contributed by atoms with Gasteiger partial charge in [0.25, 0.3) is 0 Å². The molecule has 0 spiro atoms. The zero-order valence-corrected chi connectivity index (χ0v) is 19.5. The van der Waals surface area contributed by atoms with Gasteiger partial charge in [-0.15, -0.1) is 0 Å². The van der Waals surface area contributed by atoms with Crippen molar-refractivity contribution >= 4 is 32.6 Å². The fraction of sp³-hybridized carbons (Fsp3) is 0.333. The van der Waals surface area contributed by atoms with E-state index in [2.05, 4.69) is 5.32 Å². The number of carbonyl (C=O) groups excluding carboxylic acids is 2. The van der Waals surface area contributed by atoms with Gasteiger partial charge in [-0.2, -0.15) is 0 Å². The number of amides is 2. The quantitative estimate of drug-likeness (QED) is 0.537. The van der Waals surface area contributed by atoms with Crippen LogP contribution < -0.4 is 5.32 Å². The first-order valence-corrected chi connectivity index (χ1v) is 12.3. The first-order valence-electron chi connectivity index (χ1n) is 10.7. The van der Waals surface area contributed by atoms with E-state index >= 15 is 0 Å². The number of likely N-dealkylation sites (N-methyl/N-ethyl adjacent to an activating group) is 1. The first kappa shape index (κ1) is 23.5. The predicted octanol–water partition coefficient (Wildman–Crippen LogP) is 2.91. The third-order valence-corrected chi connectivity index (χ3v) is 7.08. The van der Waals surface area contributed by atoms with Crippen molar-refractivity contribution in [3.05, 3.63) is 65.9 Å². The molecule has 3 aromatic rings. The van der Waals surface area contributed by atoms with Crippen LogP contribution in [0.1, 0.15) is 25.0 Å². The maximum absolute atomic E-state index is 13.1. The molecule has 2 amide bonds. The third-order valence-electron chi connectivity index (χ3n) is 5.44. The molecule has 7 nitrogen and oxygen atoms in total. The van der Waals surface area contributed by atoms with E-state index in [1.54, 1.807) is 33.7 Å². The van der Waals surface area contributed by atoms with E-state index in [9.17, 15) is 18.0 Å². The molecule has 32 heavy (non-hydrogen) atoms. The van der Waals surface area contributed by atoms with Crippen molar-refractivity contribution in [1.82, 2.24) is 14.8 Å². The van der Waals surface area contributed by atoms with Gasteiger partial charge in [-0.3, -0.25) is 9.59 Å². The number of nitrogens with one attached hydrogen (secondary N) is 1. The topological polar surface area (TPSA) is 88.5 Å². The lowest BCUT2D eigenvalue weighted by Crippen LogP contribution is -2.33. The second-order valence-electron chi connectivity index (χ2n) is 7.73. The SMILES string of the molecule is CCN(CC)C(=O)Cn1cc(S(=O)(=O)CC(=O)NCc2ccc(C)cc2)c2ccccc21. The Morgan fingerprint density at radius 2 is 1.66 bits per heavy atom. The molecular weight excluding hydrogens is 426 g/mol. The molecule has 0 saturated heterocycles. The van der Waals surface area contributed by atoms with Crippen molar-refractivity contribution in [2.75, 3.05) is 18.8 Å². The number of nitrogens with zero attached hydrogens (tertiary/aromatic N) is 2. The number of hydrogen-bond donors (Lipinski definition) is 1. The van der Waals surface area contributed by atoms with Gasteiger partial charge in [-0.25, -0.2) is 8.42 Å². The summed E-state index contributed by atoms with van der Waals surface area (Å²) >= 11 is 0. The molecule has 0 aliphatic heterocycles. The fourth-order valence-corrected chi connectivity index (χ4v) is 5.02. The molecule has 170 valence electrons.